The number of aryl methyl sites for hydroxylation is 1. The number of sulfonamides is 1. The van der Waals surface area contributed by atoms with E-state index in [-0.39, 0.29) is 11.4 Å². The molecule has 0 aliphatic carbocycles. The highest BCUT2D eigenvalue weighted by Crippen LogP contribution is 2.16. The van der Waals surface area contributed by atoms with Crippen molar-refractivity contribution in [3.8, 4) is 0 Å². The summed E-state index contributed by atoms with van der Waals surface area (Å²) in [7, 11) is -3.60. The average molecular weight is 266 g/mol. The van der Waals surface area contributed by atoms with Crippen molar-refractivity contribution in [2.45, 2.75) is 25.7 Å². The second-order valence-electron chi connectivity index (χ2n) is 4.16. The first kappa shape index (κ1) is 14.4. The van der Waals surface area contributed by atoms with E-state index < -0.39 is 10.0 Å². The fraction of sp³-hybridized carbons (Fsp3) is 0.308. The molecule has 5 heteroatoms. The van der Waals surface area contributed by atoms with E-state index in [4.69, 9.17) is 0 Å². The van der Waals surface area contributed by atoms with Crippen molar-refractivity contribution in [3.05, 3.63) is 42.5 Å². The van der Waals surface area contributed by atoms with Gasteiger partial charge in [-0.25, -0.2) is 0 Å². The van der Waals surface area contributed by atoms with Crippen molar-refractivity contribution in [3.63, 3.8) is 0 Å². The van der Waals surface area contributed by atoms with Crippen LogP contribution >= 0.6 is 0 Å². The van der Waals surface area contributed by atoms with Gasteiger partial charge in [0.25, 0.3) is 10.0 Å². The van der Waals surface area contributed by atoms with Gasteiger partial charge in [-0.1, -0.05) is 23.8 Å². The van der Waals surface area contributed by atoms with Crippen LogP contribution < -0.4 is 0 Å². The molecule has 1 aromatic rings. The minimum Gasteiger partial charge on any atom is -0.200 e. The SMILES string of the molecule is C=CCN(N=C(C)C)S(=O)(=O)c1ccc(C)cc1. The Labute approximate surface area is 109 Å². The number of rotatable bonds is 5. The quantitative estimate of drug-likeness (QED) is 0.467. The number of hydrogen-bond donors (Lipinski definition) is 0. The molecular weight excluding hydrogens is 248 g/mol. The topological polar surface area (TPSA) is 49.7 Å². The van der Waals surface area contributed by atoms with Crippen LogP contribution in [0.1, 0.15) is 19.4 Å². The minimum absolute atomic E-state index is 0.154. The molecule has 0 atom stereocenters. The molecule has 0 spiro atoms. The van der Waals surface area contributed by atoms with Gasteiger partial charge in [-0.2, -0.15) is 17.9 Å². The minimum atomic E-state index is -3.60. The van der Waals surface area contributed by atoms with E-state index in [0.29, 0.717) is 5.71 Å². The highest BCUT2D eigenvalue weighted by molar-refractivity contribution is 7.89. The fourth-order valence-corrected chi connectivity index (χ4v) is 2.65. The highest BCUT2D eigenvalue weighted by atomic mass is 32.2. The van der Waals surface area contributed by atoms with Gasteiger partial charge >= 0.3 is 0 Å². The van der Waals surface area contributed by atoms with Gasteiger partial charge in [0.15, 0.2) is 0 Å². The summed E-state index contributed by atoms with van der Waals surface area (Å²) in [6.45, 7) is 9.12. The number of benzene rings is 1. The molecule has 0 aliphatic heterocycles. The first-order valence-electron chi connectivity index (χ1n) is 5.60. The van der Waals surface area contributed by atoms with E-state index in [1.807, 2.05) is 6.92 Å². The lowest BCUT2D eigenvalue weighted by atomic mass is 10.2. The largest absolute Gasteiger partial charge is 0.279 e. The van der Waals surface area contributed by atoms with Crippen molar-refractivity contribution in [2.75, 3.05) is 6.54 Å². The fourth-order valence-electron chi connectivity index (χ4n) is 1.36. The molecule has 0 amide bonds. The Hall–Kier alpha value is -1.62. The Morgan fingerprint density at radius 2 is 1.89 bits per heavy atom. The summed E-state index contributed by atoms with van der Waals surface area (Å²) in [6, 6.07) is 6.70. The summed E-state index contributed by atoms with van der Waals surface area (Å²) in [6.07, 6.45) is 1.51. The molecule has 0 aliphatic rings. The molecule has 0 saturated carbocycles. The van der Waals surface area contributed by atoms with Crippen LogP contribution in [0.2, 0.25) is 0 Å². The molecule has 0 fully saturated rings. The maximum Gasteiger partial charge on any atom is 0.279 e. The zero-order valence-corrected chi connectivity index (χ0v) is 11.7. The standard InChI is InChI=1S/C13H18N2O2S/c1-5-10-15(14-11(2)3)18(16,17)13-8-6-12(4)7-9-13/h5-9H,1,10H2,2-4H3. The third kappa shape index (κ3) is 3.43. The van der Waals surface area contributed by atoms with Crippen LogP contribution in [-0.2, 0) is 10.0 Å². The molecule has 1 aromatic carbocycles. The summed E-state index contributed by atoms with van der Waals surface area (Å²) in [5, 5.41) is 4.03. The van der Waals surface area contributed by atoms with E-state index in [1.54, 1.807) is 38.1 Å². The van der Waals surface area contributed by atoms with E-state index in [9.17, 15) is 8.42 Å². The first-order chi connectivity index (χ1) is 8.37. The Kier molecular flexibility index (Phi) is 4.67. The molecule has 0 radical (unpaired) electrons. The summed E-state index contributed by atoms with van der Waals surface area (Å²) < 4.78 is 25.7. The molecule has 18 heavy (non-hydrogen) atoms. The second-order valence-corrected chi connectivity index (χ2v) is 6.00. The summed E-state index contributed by atoms with van der Waals surface area (Å²) in [5.74, 6) is 0. The molecule has 0 aromatic heterocycles. The zero-order valence-electron chi connectivity index (χ0n) is 10.9. The molecule has 98 valence electrons. The predicted octanol–water partition coefficient (Wildman–Crippen LogP) is 2.57. The lowest BCUT2D eigenvalue weighted by molar-refractivity contribution is 0.462. The van der Waals surface area contributed by atoms with Gasteiger partial charge in [-0.3, -0.25) is 0 Å². The smallest absolute Gasteiger partial charge is 0.200 e. The van der Waals surface area contributed by atoms with E-state index in [2.05, 4.69) is 11.7 Å². The van der Waals surface area contributed by atoms with Crippen LogP contribution in [0.4, 0.5) is 0 Å². The number of hydrazone groups is 1. The average Bonchev–Trinajstić information content (AvgIpc) is 2.28. The molecule has 0 bridgehead atoms. The maximum absolute atomic E-state index is 12.3. The Balaban J connectivity index is 3.20. The van der Waals surface area contributed by atoms with Crippen LogP contribution in [0.15, 0.2) is 46.9 Å². The molecule has 4 nitrogen and oxygen atoms in total. The zero-order chi connectivity index (χ0) is 13.8. The molecule has 0 N–H and O–H groups in total. The second kappa shape index (κ2) is 5.82. The molecule has 1 rings (SSSR count). The van der Waals surface area contributed by atoms with Crippen molar-refractivity contribution >= 4 is 15.7 Å². The van der Waals surface area contributed by atoms with E-state index in [1.165, 1.54) is 6.08 Å². The van der Waals surface area contributed by atoms with Crippen LogP contribution in [0.3, 0.4) is 0 Å². The van der Waals surface area contributed by atoms with Crippen LogP contribution in [0, 0.1) is 6.92 Å². The Bertz CT molecular complexity index is 541. The van der Waals surface area contributed by atoms with Gasteiger partial charge < -0.3 is 0 Å². The number of hydrogen-bond acceptors (Lipinski definition) is 3. The van der Waals surface area contributed by atoms with E-state index >= 15 is 0 Å². The van der Waals surface area contributed by atoms with Gasteiger partial charge in [0.05, 0.1) is 11.4 Å². The molecule has 0 heterocycles. The lowest BCUT2D eigenvalue weighted by Gasteiger charge is -2.18. The van der Waals surface area contributed by atoms with Crippen LogP contribution in [0.5, 0.6) is 0 Å². The highest BCUT2D eigenvalue weighted by Gasteiger charge is 2.21. The van der Waals surface area contributed by atoms with Crippen LogP contribution in [-0.4, -0.2) is 25.1 Å². The van der Waals surface area contributed by atoms with E-state index in [0.717, 1.165) is 9.98 Å². The maximum atomic E-state index is 12.3. The Morgan fingerprint density at radius 1 is 1.33 bits per heavy atom. The van der Waals surface area contributed by atoms with Gasteiger partial charge in [0.2, 0.25) is 0 Å². The van der Waals surface area contributed by atoms with Gasteiger partial charge in [-0.15, -0.1) is 6.58 Å². The summed E-state index contributed by atoms with van der Waals surface area (Å²) in [4.78, 5) is 0.236. The molecular formula is C13H18N2O2S. The van der Waals surface area contributed by atoms with Gasteiger partial charge in [0.1, 0.15) is 0 Å². The number of nitrogens with zero attached hydrogens (tertiary/aromatic N) is 2. The van der Waals surface area contributed by atoms with Crippen LogP contribution in [0.25, 0.3) is 0 Å². The first-order valence-corrected chi connectivity index (χ1v) is 7.04. The van der Waals surface area contributed by atoms with Crippen molar-refractivity contribution in [1.82, 2.24) is 4.41 Å². The Morgan fingerprint density at radius 3 is 2.33 bits per heavy atom. The third-order valence-corrected chi connectivity index (χ3v) is 3.85. The van der Waals surface area contributed by atoms with Gasteiger partial charge in [-0.05, 0) is 32.9 Å². The predicted molar refractivity (Wildman–Crippen MR) is 74.1 cm³/mol. The summed E-state index contributed by atoms with van der Waals surface area (Å²) in [5.41, 5.74) is 1.69. The van der Waals surface area contributed by atoms with Crippen molar-refractivity contribution in [1.29, 1.82) is 0 Å². The monoisotopic (exact) mass is 266 g/mol. The summed E-state index contributed by atoms with van der Waals surface area (Å²) >= 11 is 0. The van der Waals surface area contributed by atoms with Crippen molar-refractivity contribution < 1.29 is 8.42 Å². The molecule has 0 unspecified atom stereocenters. The third-order valence-electron chi connectivity index (χ3n) is 2.19. The normalized spacial score (nSPS) is 10.8. The van der Waals surface area contributed by atoms with Gasteiger partial charge in [0, 0.05) is 5.71 Å². The lowest BCUT2D eigenvalue weighted by Crippen LogP contribution is -2.27. The molecule has 0 saturated heterocycles. The van der Waals surface area contributed by atoms with Crippen molar-refractivity contribution in [2.24, 2.45) is 5.10 Å².